The van der Waals surface area contributed by atoms with Crippen LogP contribution in [0.25, 0.3) is 12.2 Å². The summed E-state index contributed by atoms with van der Waals surface area (Å²) < 4.78 is 25.9. The number of carbonyl (C=O) groups is 1. The highest BCUT2D eigenvalue weighted by Crippen LogP contribution is 2.29. The first-order valence-corrected chi connectivity index (χ1v) is 12.4. The third-order valence-corrected chi connectivity index (χ3v) is 6.18. The second-order valence-electron chi connectivity index (χ2n) is 9.85. The van der Waals surface area contributed by atoms with Gasteiger partial charge in [-0.05, 0) is 40.8 Å². The van der Waals surface area contributed by atoms with Gasteiger partial charge < -0.3 is 20.1 Å². The van der Waals surface area contributed by atoms with Crippen LogP contribution in [-0.4, -0.2) is 57.3 Å². The molecular weight excluding hydrogens is 457 g/mol. The van der Waals surface area contributed by atoms with E-state index in [4.69, 9.17) is 9.47 Å². The molecule has 1 heterocycles. The predicted molar refractivity (Wildman–Crippen MR) is 145 cm³/mol. The minimum absolute atomic E-state index is 0.0235. The topological polar surface area (TPSA) is 62.8 Å². The lowest BCUT2D eigenvalue weighted by Gasteiger charge is -2.26. The summed E-state index contributed by atoms with van der Waals surface area (Å²) in [5.74, 6) is 0.0972. The number of carbonyl (C=O) groups excluding carboxylic acids is 1. The first-order valence-electron chi connectivity index (χ1n) is 12.4. The molecule has 0 unspecified atom stereocenters. The van der Waals surface area contributed by atoms with Crippen LogP contribution in [0.4, 0.5) is 10.1 Å². The smallest absolute Gasteiger partial charge is 0.244 e. The van der Waals surface area contributed by atoms with Crippen LogP contribution < -0.4 is 15.4 Å². The lowest BCUT2D eigenvalue weighted by molar-refractivity contribution is -0.116. The molecule has 0 spiro atoms. The van der Waals surface area contributed by atoms with Gasteiger partial charge in [-0.1, -0.05) is 45.6 Å². The average Bonchev–Trinajstić information content (AvgIpc) is 2.86. The van der Waals surface area contributed by atoms with E-state index in [1.54, 1.807) is 25.3 Å². The van der Waals surface area contributed by atoms with Crippen LogP contribution in [-0.2, 0) is 21.5 Å². The Morgan fingerprint density at radius 1 is 1.19 bits per heavy atom. The molecule has 6 nitrogen and oxygen atoms in total. The van der Waals surface area contributed by atoms with Crippen molar-refractivity contribution in [3.05, 3.63) is 71.1 Å². The highest BCUT2D eigenvalue weighted by atomic mass is 19.1. The van der Waals surface area contributed by atoms with Crippen molar-refractivity contribution in [1.29, 1.82) is 0 Å². The number of hydrogen-bond donors (Lipinski definition) is 2. The van der Waals surface area contributed by atoms with Gasteiger partial charge in [0.25, 0.3) is 0 Å². The second-order valence-corrected chi connectivity index (χ2v) is 9.85. The standard InChI is InChI=1S/C29H38FN3O3/c1-6-22-17-21(18-25(30)28(22)31-5)20-32-27(34)10-8-23-7-9-24(29(2,3)4)19-26(23)36-16-13-33-11-14-35-15-12-33/h6-10,17-19,31H,1,11-16,20H2,2-5H3,(H,32,34)/b10-8+. The molecule has 0 aromatic heterocycles. The molecule has 0 aliphatic carbocycles. The van der Waals surface area contributed by atoms with E-state index in [9.17, 15) is 9.18 Å². The maximum absolute atomic E-state index is 14.3. The molecule has 0 atom stereocenters. The zero-order valence-electron chi connectivity index (χ0n) is 21.8. The number of hydrogen-bond acceptors (Lipinski definition) is 5. The van der Waals surface area contributed by atoms with Crippen molar-refractivity contribution in [2.75, 3.05) is 51.8 Å². The fourth-order valence-electron chi connectivity index (χ4n) is 4.00. The van der Waals surface area contributed by atoms with Gasteiger partial charge in [0.15, 0.2) is 0 Å². The van der Waals surface area contributed by atoms with Crippen LogP contribution in [0.15, 0.2) is 43.0 Å². The van der Waals surface area contributed by atoms with Gasteiger partial charge >= 0.3 is 0 Å². The van der Waals surface area contributed by atoms with Gasteiger partial charge in [0, 0.05) is 50.4 Å². The molecule has 1 aliphatic heterocycles. The summed E-state index contributed by atoms with van der Waals surface area (Å²) in [5.41, 5.74) is 3.67. The SMILES string of the molecule is C=Cc1cc(CNC(=O)/C=C/c2ccc(C(C)(C)C)cc2OCCN2CCOCC2)cc(F)c1NC. The van der Waals surface area contributed by atoms with E-state index in [2.05, 4.69) is 55.0 Å². The molecule has 0 saturated carbocycles. The van der Waals surface area contributed by atoms with Crippen molar-refractivity contribution < 1.29 is 18.7 Å². The van der Waals surface area contributed by atoms with Crippen molar-refractivity contribution in [2.24, 2.45) is 0 Å². The molecule has 2 aromatic rings. The number of benzene rings is 2. The fourth-order valence-corrected chi connectivity index (χ4v) is 4.00. The Hall–Kier alpha value is -3.16. The summed E-state index contributed by atoms with van der Waals surface area (Å²) in [7, 11) is 1.66. The highest BCUT2D eigenvalue weighted by Gasteiger charge is 2.17. The Bertz CT molecular complexity index is 1090. The maximum atomic E-state index is 14.3. The van der Waals surface area contributed by atoms with Gasteiger partial charge in [0.2, 0.25) is 5.91 Å². The van der Waals surface area contributed by atoms with Crippen LogP contribution in [0.5, 0.6) is 5.75 Å². The van der Waals surface area contributed by atoms with Gasteiger partial charge in [-0.2, -0.15) is 0 Å². The number of morpholine rings is 1. The molecule has 0 bridgehead atoms. The van der Waals surface area contributed by atoms with Gasteiger partial charge in [0.1, 0.15) is 18.2 Å². The van der Waals surface area contributed by atoms with Crippen molar-refractivity contribution in [3.8, 4) is 5.75 Å². The highest BCUT2D eigenvalue weighted by molar-refractivity contribution is 5.92. The fraction of sp³-hybridized carbons (Fsp3) is 0.414. The number of ether oxygens (including phenoxy) is 2. The normalized spacial score (nSPS) is 14.6. The lowest BCUT2D eigenvalue weighted by Crippen LogP contribution is -2.38. The molecule has 1 amide bonds. The summed E-state index contributed by atoms with van der Waals surface area (Å²) in [6.07, 6.45) is 4.82. The minimum atomic E-state index is -0.382. The maximum Gasteiger partial charge on any atom is 0.244 e. The van der Waals surface area contributed by atoms with E-state index in [-0.39, 0.29) is 23.7 Å². The van der Waals surface area contributed by atoms with Crippen LogP contribution in [0.3, 0.4) is 0 Å². The Morgan fingerprint density at radius 2 is 1.94 bits per heavy atom. The number of amides is 1. The molecule has 7 heteroatoms. The van der Waals surface area contributed by atoms with E-state index >= 15 is 0 Å². The van der Waals surface area contributed by atoms with Gasteiger partial charge in [-0.3, -0.25) is 9.69 Å². The number of rotatable bonds is 10. The summed E-state index contributed by atoms with van der Waals surface area (Å²) >= 11 is 0. The van der Waals surface area contributed by atoms with E-state index in [1.165, 1.54) is 12.1 Å². The van der Waals surface area contributed by atoms with Gasteiger partial charge in [-0.15, -0.1) is 0 Å². The van der Waals surface area contributed by atoms with Crippen molar-refractivity contribution in [3.63, 3.8) is 0 Å². The largest absolute Gasteiger partial charge is 0.492 e. The van der Waals surface area contributed by atoms with Gasteiger partial charge in [0.05, 0.1) is 18.9 Å². The number of halogens is 1. The van der Waals surface area contributed by atoms with Crippen LogP contribution in [0, 0.1) is 5.82 Å². The Morgan fingerprint density at radius 3 is 2.61 bits per heavy atom. The van der Waals surface area contributed by atoms with Gasteiger partial charge in [-0.25, -0.2) is 4.39 Å². The lowest BCUT2D eigenvalue weighted by atomic mass is 9.86. The number of anilines is 1. The van der Waals surface area contributed by atoms with E-state index in [0.717, 1.165) is 49.7 Å². The van der Waals surface area contributed by atoms with Crippen LogP contribution >= 0.6 is 0 Å². The molecule has 3 rings (SSSR count). The third kappa shape index (κ3) is 7.67. The van der Waals surface area contributed by atoms with E-state index in [0.29, 0.717) is 23.4 Å². The molecule has 2 aromatic carbocycles. The Labute approximate surface area is 214 Å². The second kappa shape index (κ2) is 12.7. The summed E-state index contributed by atoms with van der Waals surface area (Å²) in [4.78, 5) is 14.8. The van der Waals surface area contributed by atoms with Crippen molar-refractivity contribution >= 4 is 23.7 Å². The quantitative estimate of drug-likeness (QED) is 0.462. The first kappa shape index (κ1) is 27.4. The monoisotopic (exact) mass is 495 g/mol. The minimum Gasteiger partial charge on any atom is -0.492 e. The molecule has 194 valence electrons. The Balaban J connectivity index is 1.67. The zero-order valence-corrected chi connectivity index (χ0v) is 21.8. The van der Waals surface area contributed by atoms with E-state index in [1.807, 2.05) is 6.07 Å². The van der Waals surface area contributed by atoms with Crippen LogP contribution in [0.2, 0.25) is 0 Å². The molecule has 1 saturated heterocycles. The molecular formula is C29H38FN3O3. The Kier molecular flexibility index (Phi) is 9.67. The molecule has 1 aliphatic rings. The molecule has 36 heavy (non-hydrogen) atoms. The molecule has 0 radical (unpaired) electrons. The van der Waals surface area contributed by atoms with Crippen LogP contribution in [0.1, 0.15) is 43.0 Å². The first-order chi connectivity index (χ1) is 17.2. The third-order valence-electron chi connectivity index (χ3n) is 6.18. The summed E-state index contributed by atoms with van der Waals surface area (Å²) in [5, 5.41) is 5.65. The number of nitrogens with one attached hydrogen (secondary N) is 2. The van der Waals surface area contributed by atoms with Crippen molar-refractivity contribution in [2.45, 2.75) is 32.7 Å². The zero-order chi connectivity index (χ0) is 26.1. The van der Waals surface area contributed by atoms with E-state index < -0.39 is 0 Å². The predicted octanol–water partition coefficient (Wildman–Crippen LogP) is 4.85. The summed E-state index contributed by atoms with van der Waals surface area (Å²) in [6.45, 7) is 15.1. The van der Waals surface area contributed by atoms with Crippen molar-refractivity contribution in [1.82, 2.24) is 10.2 Å². The molecule has 1 fully saturated rings. The molecule has 2 N–H and O–H groups in total. The number of nitrogens with zero attached hydrogens (tertiary/aromatic N) is 1. The average molecular weight is 496 g/mol. The summed E-state index contributed by atoms with van der Waals surface area (Å²) in [6, 6.07) is 9.32.